The molecule has 0 unspecified atom stereocenters. The summed E-state index contributed by atoms with van der Waals surface area (Å²) in [5, 5.41) is 6.17. The zero-order valence-corrected chi connectivity index (χ0v) is 33.7. The number of para-hydroxylation sites is 2. The van der Waals surface area contributed by atoms with Gasteiger partial charge in [-0.15, -0.1) is 0 Å². The van der Waals surface area contributed by atoms with E-state index >= 15 is 0 Å². The molecule has 2 aromatic heterocycles. The lowest BCUT2D eigenvalue weighted by atomic mass is 9.80. The van der Waals surface area contributed by atoms with Gasteiger partial charge in [0.15, 0.2) is 5.82 Å². The molecule has 8 aromatic carbocycles. The van der Waals surface area contributed by atoms with Gasteiger partial charge in [0, 0.05) is 38.4 Å². The highest BCUT2D eigenvalue weighted by atomic mass is 15.0. The maximum absolute atomic E-state index is 5.34. The van der Waals surface area contributed by atoms with Gasteiger partial charge >= 0.3 is 0 Å². The Labute approximate surface area is 349 Å². The highest BCUT2D eigenvalue weighted by Crippen LogP contribution is 2.53. The van der Waals surface area contributed by atoms with E-state index in [0.29, 0.717) is 5.82 Å². The number of fused-ring (bicyclic) bond motifs is 9. The molecule has 0 N–H and O–H groups in total. The minimum Gasteiger partial charge on any atom is -0.309 e. The van der Waals surface area contributed by atoms with E-state index in [2.05, 4.69) is 207 Å². The van der Waals surface area contributed by atoms with Crippen molar-refractivity contribution < 1.29 is 0 Å². The van der Waals surface area contributed by atoms with Crippen LogP contribution >= 0.6 is 0 Å². The quantitative estimate of drug-likeness (QED) is 0.175. The topological polar surface area (TPSA) is 30.7 Å². The van der Waals surface area contributed by atoms with Crippen molar-refractivity contribution in [1.29, 1.82) is 0 Å². The minimum absolute atomic E-state index is 0.161. The van der Waals surface area contributed by atoms with Crippen LogP contribution in [0.3, 0.4) is 0 Å². The third-order valence-corrected chi connectivity index (χ3v) is 13.0. The third kappa shape index (κ3) is 5.36. The summed E-state index contributed by atoms with van der Waals surface area (Å²) in [5.41, 5.74) is 17.6. The van der Waals surface area contributed by atoms with E-state index in [4.69, 9.17) is 9.97 Å². The van der Waals surface area contributed by atoms with Crippen LogP contribution in [0.5, 0.6) is 0 Å². The zero-order valence-electron chi connectivity index (χ0n) is 33.7. The normalized spacial score (nSPS) is 14.2. The van der Waals surface area contributed by atoms with E-state index in [0.717, 1.165) is 46.3 Å². The van der Waals surface area contributed by atoms with Crippen LogP contribution in [0.1, 0.15) is 43.4 Å². The standard InChI is InChI=1S/C57H41N3/c1-57(2)50-35-53-49(34-48(50)46-32-31-40-15-6-7-18-44(40)54(46)57)45-19-9-11-22-52(45)60(53)43-17-12-16-42(33-43)56-58-51-21-10-8-20-47(51)55(59-56)41-29-27-39(28-30-41)38-25-23-37(24-26-38)36-13-4-3-5-14-36/h4,6-35H,3,5H2,1-2H3. The summed E-state index contributed by atoms with van der Waals surface area (Å²) in [6.45, 7) is 4.77. The van der Waals surface area contributed by atoms with Gasteiger partial charge in [0.25, 0.3) is 0 Å². The molecule has 0 amide bonds. The van der Waals surface area contributed by atoms with Crippen LogP contribution in [-0.4, -0.2) is 14.5 Å². The van der Waals surface area contributed by atoms with Gasteiger partial charge in [-0.1, -0.05) is 166 Å². The molecule has 0 bridgehead atoms. The number of aromatic nitrogens is 3. The van der Waals surface area contributed by atoms with Crippen molar-refractivity contribution in [2.75, 3.05) is 0 Å². The molecule has 2 aliphatic carbocycles. The van der Waals surface area contributed by atoms with Crippen molar-refractivity contribution in [3.05, 3.63) is 205 Å². The summed E-state index contributed by atoms with van der Waals surface area (Å²) in [7, 11) is 0. The molecule has 284 valence electrons. The molecule has 60 heavy (non-hydrogen) atoms. The average Bonchev–Trinajstić information content (AvgIpc) is 3.76. The predicted octanol–water partition coefficient (Wildman–Crippen LogP) is 14.9. The second kappa shape index (κ2) is 13.3. The molecule has 10 aromatic rings. The first-order valence-corrected chi connectivity index (χ1v) is 21.1. The molecule has 2 aliphatic rings. The molecule has 2 heterocycles. The first-order valence-electron chi connectivity index (χ1n) is 21.1. The molecule has 3 nitrogen and oxygen atoms in total. The molecular weight excluding hydrogens is 727 g/mol. The minimum atomic E-state index is -0.161. The molecule has 0 fully saturated rings. The van der Waals surface area contributed by atoms with E-state index in [1.165, 1.54) is 77.1 Å². The van der Waals surface area contributed by atoms with Crippen LogP contribution in [0.15, 0.2) is 188 Å². The molecule has 0 saturated heterocycles. The Kier molecular flexibility index (Phi) is 7.71. The van der Waals surface area contributed by atoms with E-state index in [-0.39, 0.29) is 5.41 Å². The molecule has 0 saturated carbocycles. The van der Waals surface area contributed by atoms with Crippen molar-refractivity contribution in [2.24, 2.45) is 0 Å². The van der Waals surface area contributed by atoms with Crippen LogP contribution in [0, 0.1) is 0 Å². The van der Waals surface area contributed by atoms with E-state index in [1.54, 1.807) is 0 Å². The van der Waals surface area contributed by atoms with Gasteiger partial charge in [-0.2, -0.15) is 0 Å². The molecule has 0 atom stereocenters. The number of hydrogen-bond donors (Lipinski definition) is 0. The summed E-state index contributed by atoms with van der Waals surface area (Å²) >= 11 is 0. The van der Waals surface area contributed by atoms with E-state index < -0.39 is 0 Å². The van der Waals surface area contributed by atoms with Crippen molar-refractivity contribution >= 4 is 49.1 Å². The Hall–Kier alpha value is -7.36. The number of hydrogen-bond acceptors (Lipinski definition) is 2. The molecular formula is C57H41N3. The summed E-state index contributed by atoms with van der Waals surface area (Å²) < 4.78 is 2.43. The molecule has 0 radical (unpaired) electrons. The number of rotatable bonds is 5. The molecule has 0 aliphatic heterocycles. The Balaban J connectivity index is 0.958. The second-order valence-corrected chi connectivity index (χ2v) is 16.9. The Morgan fingerprint density at radius 2 is 1.22 bits per heavy atom. The van der Waals surface area contributed by atoms with Crippen LogP contribution < -0.4 is 0 Å². The Bertz CT molecular complexity index is 3430. The number of benzene rings is 8. The predicted molar refractivity (Wildman–Crippen MR) is 252 cm³/mol. The fraction of sp³-hybridized carbons (Fsp3) is 0.0877. The van der Waals surface area contributed by atoms with Crippen molar-refractivity contribution in [1.82, 2.24) is 14.5 Å². The largest absolute Gasteiger partial charge is 0.309 e. The molecule has 3 heteroatoms. The zero-order chi connectivity index (χ0) is 40.0. The first-order chi connectivity index (χ1) is 29.5. The van der Waals surface area contributed by atoms with E-state index in [9.17, 15) is 0 Å². The maximum Gasteiger partial charge on any atom is 0.160 e. The summed E-state index contributed by atoms with van der Waals surface area (Å²) in [6.07, 6.45) is 9.06. The Morgan fingerprint density at radius 3 is 2.02 bits per heavy atom. The summed E-state index contributed by atoms with van der Waals surface area (Å²) in [5.74, 6) is 0.710. The van der Waals surface area contributed by atoms with Crippen molar-refractivity contribution in [2.45, 2.75) is 32.1 Å². The van der Waals surface area contributed by atoms with Crippen LogP contribution in [0.25, 0.3) is 99.6 Å². The maximum atomic E-state index is 5.34. The van der Waals surface area contributed by atoms with Crippen LogP contribution in [0.4, 0.5) is 0 Å². The first kappa shape index (κ1) is 34.7. The smallest absolute Gasteiger partial charge is 0.160 e. The Morgan fingerprint density at radius 1 is 0.500 bits per heavy atom. The van der Waals surface area contributed by atoms with Crippen LogP contribution in [-0.2, 0) is 5.41 Å². The van der Waals surface area contributed by atoms with E-state index in [1.807, 2.05) is 0 Å². The van der Waals surface area contributed by atoms with Crippen molar-refractivity contribution in [3.8, 4) is 50.6 Å². The van der Waals surface area contributed by atoms with Gasteiger partial charge in [-0.25, -0.2) is 9.97 Å². The van der Waals surface area contributed by atoms with Gasteiger partial charge in [0.2, 0.25) is 0 Å². The lowest BCUT2D eigenvalue weighted by molar-refractivity contribution is 0.667. The van der Waals surface area contributed by atoms with Gasteiger partial charge in [-0.05, 0) is 105 Å². The highest BCUT2D eigenvalue weighted by molar-refractivity contribution is 6.12. The molecule has 12 rings (SSSR count). The van der Waals surface area contributed by atoms with Crippen LogP contribution in [0.2, 0.25) is 0 Å². The van der Waals surface area contributed by atoms with Gasteiger partial charge in [-0.3, -0.25) is 0 Å². The fourth-order valence-electron chi connectivity index (χ4n) is 10.1. The summed E-state index contributed by atoms with van der Waals surface area (Å²) in [6, 6.07) is 62.0. The average molecular weight is 768 g/mol. The SMILES string of the molecule is CC1(C)c2cc3c(cc2-c2ccc4ccccc4c21)c1ccccc1n3-c1cccc(-c2nc(-c3ccc(-c4ccc(C5=CCCC=C5)cc4)cc3)c3ccccc3n2)c1. The lowest BCUT2D eigenvalue weighted by Gasteiger charge is -2.23. The second-order valence-electron chi connectivity index (χ2n) is 16.9. The van der Waals surface area contributed by atoms with Gasteiger partial charge < -0.3 is 4.57 Å². The summed E-state index contributed by atoms with van der Waals surface area (Å²) in [4.78, 5) is 10.5. The lowest BCUT2D eigenvalue weighted by Crippen LogP contribution is -2.15. The van der Waals surface area contributed by atoms with Gasteiger partial charge in [0.05, 0.1) is 22.2 Å². The monoisotopic (exact) mass is 767 g/mol. The highest BCUT2D eigenvalue weighted by Gasteiger charge is 2.37. The van der Waals surface area contributed by atoms with Gasteiger partial charge in [0.1, 0.15) is 0 Å². The van der Waals surface area contributed by atoms with Crippen molar-refractivity contribution in [3.63, 3.8) is 0 Å². The molecule has 0 spiro atoms. The fourth-order valence-corrected chi connectivity index (χ4v) is 10.1. The number of nitrogens with zero attached hydrogens (tertiary/aromatic N) is 3. The third-order valence-electron chi connectivity index (χ3n) is 13.0. The number of allylic oxidation sites excluding steroid dienone is 4.